The lowest BCUT2D eigenvalue weighted by atomic mass is 9.58. The molecule has 0 saturated heterocycles. The topological polar surface area (TPSA) is 25.5 Å². The number of benzene rings is 1. The molecule has 1 aliphatic heterocycles. The Morgan fingerprint density at radius 3 is 2.76 bits per heavy atom. The van der Waals surface area contributed by atoms with Crippen molar-refractivity contribution < 1.29 is 4.42 Å². The van der Waals surface area contributed by atoms with Gasteiger partial charge in [0.05, 0.1) is 17.2 Å². The fraction of sp³-hybridized carbons (Fsp3) is 0.526. The monoisotopic (exact) mass is 281 g/mol. The third-order valence-corrected chi connectivity index (χ3v) is 5.91. The van der Waals surface area contributed by atoms with E-state index in [9.17, 15) is 0 Å². The molecule has 2 aromatic rings. The molecule has 110 valence electrons. The first-order valence-electron chi connectivity index (χ1n) is 8.11. The normalized spacial score (nSPS) is 30.7. The first kappa shape index (κ1) is 13.1. The first-order valence-corrected chi connectivity index (χ1v) is 8.11. The zero-order chi connectivity index (χ0) is 14.7. The molecule has 1 fully saturated rings. The average Bonchev–Trinajstić information content (AvgIpc) is 2.91. The molecule has 1 spiro atoms. The smallest absolute Gasteiger partial charge is 0.136 e. The van der Waals surface area contributed by atoms with E-state index in [1.807, 2.05) is 0 Å². The summed E-state index contributed by atoms with van der Waals surface area (Å²) < 4.78 is 5.56. The summed E-state index contributed by atoms with van der Waals surface area (Å²) in [6, 6.07) is 6.28. The highest BCUT2D eigenvalue weighted by molar-refractivity contribution is 5.77. The summed E-state index contributed by atoms with van der Waals surface area (Å²) >= 11 is 0. The number of rotatable bonds is 0. The van der Waals surface area contributed by atoms with Crippen molar-refractivity contribution in [2.45, 2.75) is 52.0 Å². The second kappa shape index (κ2) is 4.22. The maximum absolute atomic E-state index is 5.56. The van der Waals surface area contributed by atoms with Crippen LogP contribution in [0.4, 0.5) is 0 Å². The van der Waals surface area contributed by atoms with Crippen LogP contribution in [-0.2, 0) is 0 Å². The van der Waals surface area contributed by atoms with Crippen molar-refractivity contribution in [1.29, 1.82) is 0 Å². The SMILES string of the molecule is C[C@@H]1C=c2ccc3occc3c2=N[C@]12CCCCC2(C)C. The Labute approximate surface area is 125 Å². The third-order valence-electron chi connectivity index (χ3n) is 5.91. The highest BCUT2D eigenvalue weighted by Gasteiger charge is 2.50. The number of fused-ring (bicyclic) bond motifs is 3. The van der Waals surface area contributed by atoms with Crippen molar-refractivity contribution in [3.63, 3.8) is 0 Å². The number of nitrogens with zero attached hydrogens (tertiary/aromatic N) is 1. The van der Waals surface area contributed by atoms with Crippen molar-refractivity contribution in [1.82, 2.24) is 0 Å². The van der Waals surface area contributed by atoms with Gasteiger partial charge in [0, 0.05) is 11.3 Å². The van der Waals surface area contributed by atoms with Crippen LogP contribution in [0.1, 0.15) is 46.5 Å². The molecular formula is C19H23NO. The van der Waals surface area contributed by atoms with Crippen LogP contribution >= 0.6 is 0 Å². The van der Waals surface area contributed by atoms with Gasteiger partial charge in [-0.05, 0) is 41.7 Å². The van der Waals surface area contributed by atoms with E-state index in [4.69, 9.17) is 9.41 Å². The van der Waals surface area contributed by atoms with Gasteiger partial charge in [0.25, 0.3) is 0 Å². The quantitative estimate of drug-likeness (QED) is 0.720. The van der Waals surface area contributed by atoms with Crippen LogP contribution in [0.3, 0.4) is 0 Å². The van der Waals surface area contributed by atoms with Crippen LogP contribution in [-0.4, -0.2) is 5.54 Å². The number of furan rings is 1. The van der Waals surface area contributed by atoms with Crippen molar-refractivity contribution in [3.8, 4) is 0 Å². The van der Waals surface area contributed by atoms with E-state index in [0.717, 1.165) is 16.3 Å². The molecule has 2 heteroatoms. The van der Waals surface area contributed by atoms with Crippen LogP contribution in [0, 0.1) is 11.3 Å². The van der Waals surface area contributed by atoms with Gasteiger partial charge in [0.2, 0.25) is 0 Å². The van der Waals surface area contributed by atoms with E-state index in [-0.39, 0.29) is 11.0 Å². The predicted octanol–water partition coefficient (Wildman–Crippen LogP) is 3.82. The van der Waals surface area contributed by atoms with Gasteiger partial charge in [-0.15, -0.1) is 0 Å². The Morgan fingerprint density at radius 2 is 1.95 bits per heavy atom. The van der Waals surface area contributed by atoms with Gasteiger partial charge >= 0.3 is 0 Å². The zero-order valence-electron chi connectivity index (χ0n) is 13.1. The molecule has 1 aliphatic carbocycles. The highest BCUT2D eigenvalue weighted by Crippen LogP contribution is 2.51. The Balaban J connectivity index is 2.06. The molecule has 0 bridgehead atoms. The molecule has 2 nitrogen and oxygen atoms in total. The average molecular weight is 281 g/mol. The molecular weight excluding hydrogens is 258 g/mol. The Bertz CT molecular complexity index is 814. The van der Waals surface area contributed by atoms with E-state index in [0.29, 0.717) is 5.92 Å². The zero-order valence-corrected chi connectivity index (χ0v) is 13.1. The lowest BCUT2D eigenvalue weighted by Gasteiger charge is -2.51. The van der Waals surface area contributed by atoms with Gasteiger partial charge < -0.3 is 4.42 Å². The molecule has 2 heterocycles. The van der Waals surface area contributed by atoms with E-state index >= 15 is 0 Å². The Hall–Kier alpha value is -1.57. The van der Waals surface area contributed by atoms with Crippen LogP contribution in [0.2, 0.25) is 0 Å². The minimum atomic E-state index is 0.0454. The van der Waals surface area contributed by atoms with Gasteiger partial charge in [-0.25, -0.2) is 0 Å². The molecule has 0 N–H and O–H groups in total. The van der Waals surface area contributed by atoms with Crippen LogP contribution < -0.4 is 10.6 Å². The number of hydrogen-bond acceptors (Lipinski definition) is 2. The largest absolute Gasteiger partial charge is 0.464 e. The summed E-state index contributed by atoms with van der Waals surface area (Å²) in [4.78, 5) is 5.38. The second-order valence-corrected chi connectivity index (χ2v) is 7.42. The molecule has 2 aliphatic rings. The highest BCUT2D eigenvalue weighted by atomic mass is 16.3. The van der Waals surface area contributed by atoms with Gasteiger partial charge in [0.1, 0.15) is 5.58 Å². The molecule has 0 unspecified atom stereocenters. The van der Waals surface area contributed by atoms with Crippen LogP contribution in [0.15, 0.2) is 33.9 Å². The fourth-order valence-corrected chi connectivity index (χ4v) is 4.58. The van der Waals surface area contributed by atoms with Crippen molar-refractivity contribution in [2.75, 3.05) is 0 Å². The molecule has 1 saturated carbocycles. The Kier molecular flexibility index (Phi) is 2.64. The van der Waals surface area contributed by atoms with Gasteiger partial charge in [-0.3, -0.25) is 4.99 Å². The maximum Gasteiger partial charge on any atom is 0.136 e. The first-order chi connectivity index (χ1) is 10.0. The summed E-state index contributed by atoms with van der Waals surface area (Å²) in [5.41, 5.74) is 1.25. The van der Waals surface area contributed by atoms with E-state index in [2.05, 4.69) is 45.0 Å². The number of hydrogen-bond donors (Lipinski definition) is 0. The lowest BCUT2D eigenvalue weighted by Crippen LogP contribution is -2.54. The summed E-state index contributed by atoms with van der Waals surface area (Å²) in [7, 11) is 0. The van der Waals surface area contributed by atoms with E-state index in [1.54, 1.807) is 6.26 Å². The van der Waals surface area contributed by atoms with Crippen molar-refractivity contribution >= 4 is 17.0 Å². The van der Waals surface area contributed by atoms with Gasteiger partial charge in [-0.2, -0.15) is 0 Å². The third kappa shape index (κ3) is 1.68. The van der Waals surface area contributed by atoms with Crippen molar-refractivity contribution in [2.24, 2.45) is 16.3 Å². The molecule has 2 atom stereocenters. The van der Waals surface area contributed by atoms with E-state index in [1.165, 1.54) is 30.9 Å². The van der Waals surface area contributed by atoms with Gasteiger partial charge in [-0.1, -0.05) is 39.7 Å². The molecule has 1 aromatic carbocycles. The lowest BCUT2D eigenvalue weighted by molar-refractivity contribution is 0.0698. The maximum atomic E-state index is 5.56. The fourth-order valence-electron chi connectivity index (χ4n) is 4.58. The standard InChI is InChI=1S/C19H23NO/c1-13-12-14-6-7-16-15(8-11-21-16)17(14)20-19(13)10-5-4-9-18(19,2)3/h6-8,11-13H,4-5,9-10H2,1-3H3/t13-,19-/m1/s1. The second-order valence-electron chi connectivity index (χ2n) is 7.42. The van der Waals surface area contributed by atoms with Crippen molar-refractivity contribution in [3.05, 3.63) is 35.0 Å². The minimum absolute atomic E-state index is 0.0454. The summed E-state index contributed by atoms with van der Waals surface area (Å²) in [6.07, 6.45) is 9.30. The summed E-state index contributed by atoms with van der Waals surface area (Å²) in [5.74, 6) is 0.490. The molecule has 0 radical (unpaired) electrons. The molecule has 21 heavy (non-hydrogen) atoms. The predicted molar refractivity (Wildman–Crippen MR) is 85.6 cm³/mol. The van der Waals surface area contributed by atoms with Crippen LogP contribution in [0.5, 0.6) is 0 Å². The van der Waals surface area contributed by atoms with E-state index < -0.39 is 0 Å². The van der Waals surface area contributed by atoms with Gasteiger partial charge in [0.15, 0.2) is 0 Å². The van der Waals surface area contributed by atoms with Crippen LogP contribution in [0.25, 0.3) is 17.0 Å². The molecule has 1 aromatic heterocycles. The summed E-state index contributed by atoms with van der Waals surface area (Å²) in [6.45, 7) is 7.15. The Morgan fingerprint density at radius 1 is 1.14 bits per heavy atom. The summed E-state index contributed by atoms with van der Waals surface area (Å²) in [5, 5.41) is 3.58. The molecule has 0 amide bonds. The molecule has 4 rings (SSSR count). The minimum Gasteiger partial charge on any atom is -0.464 e.